The Balaban J connectivity index is 1.40. The molecule has 140 valence electrons. The van der Waals surface area contributed by atoms with Gasteiger partial charge in [0.15, 0.2) is 5.13 Å². The minimum Gasteiger partial charge on any atom is -0.345 e. The number of piperazine rings is 1. The lowest BCUT2D eigenvalue weighted by Gasteiger charge is -2.34. The van der Waals surface area contributed by atoms with Crippen molar-refractivity contribution in [2.45, 2.75) is 27.2 Å². The maximum atomic E-state index is 12.7. The van der Waals surface area contributed by atoms with E-state index in [4.69, 9.17) is 4.98 Å². The number of fused-ring (bicyclic) bond motifs is 1. The molecule has 4 rings (SSSR count). The van der Waals surface area contributed by atoms with E-state index in [0.717, 1.165) is 42.4 Å². The number of nitrogens with zero attached hydrogens (tertiary/aromatic N) is 3. The van der Waals surface area contributed by atoms with Crippen LogP contribution in [0.2, 0.25) is 0 Å². The van der Waals surface area contributed by atoms with Gasteiger partial charge in [-0.3, -0.25) is 4.79 Å². The molecule has 2 heterocycles. The van der Waals surface area contributed by atoms with Crippen LogP contribution in [0.3, 0.4) is 0 Å². The van der Waals surface area contributed by atoms with E-state index in [9.17, 15) is 4.79 Å². The van der Waals surface area contributed by atoms with E-state index in [2.05, 4.69) is 62.1 Å². The van der Waals surface area contributed by atoms with Gasteiger partial charge < -0.3 is 9.80 Å². The number of rotatable bonds is 3. The van der Waals surface area contributed by atoms with Gasteiger partial charge in [0.1, 0.15) is 0 Å². The molecule has 0 bridgehead atoms. The summed E-state index contributed by atoms with van der Waals surface area (Å²) in [5, 5.41) is 1.07. The molecule has 1 aromatic heterocycles. The monoisotopic (exact) mass is 379 g/mol. The first-order chi connectivity index (χ1) is 13.0. The predicted octanol–water partition coefficient (Wildman–Crippen LogP) is 4.11. The lowest BCUT2D eigenvalue weighted by molar-refractivity contribution is -0.130. The Morgan fingerprint density at radius 3 is 2.52 bits per heavy atom. The highest BCUT2D eigenvalue weighted by molar-refractivity contribution is 7.22. The number of anilines is 1. The number of carbonyl (C=O) groups is 1. The summed E-state index contributed by atoms with van der Waals surface area (Å²) in [7, 11) is 0. The van der Waals surface area contributed by atoms with E-state index in [1.807, 2.05) is 4.90 Å². The van der Waals surface area contributed by atoms with Gasteiger partial charge in [-0.2, -0.15) is 0 Å². The predicted molar refractivity (Wildman–Crippen MR) is 113 cm³/mol. The van der Waals surface area contributed by atoms with E-state index >= 15 is 0 Å². The van der Waals surface area contributed by atoms with E-state index in [1.54, 1.807) is 11.3 Å². The third-order valence-electron chi connectivity index (χ3n) is 5.35. The average molecular weight is 380 g/mol. The minimum atomic E-state index is 0.224. The molecule has 3 aromatic rings. The normalized spacial score (nSPS) is 14.8. The summed E-state index contributed by atoms with van der Waals surface area (Å²) in [6.45, 7) is 9.49. The third-order valence-corrected chi connectivity index (χ3v) is 6.43. The Labute approximate surface area is 164 Å². The average Bonchev–Trinajstić information content (AvgIpc) is 3.10. The van der Waals surface area contributed by atoms with Crippen LogP contribution in [-0.4, -0.2) is 42.0 Å². The standard InChI is InChI=1S/C22H25N3OS/c1-15-7-8-18(17(3)13-15)14-20(26)24-9-11-25(12-10-24)22-23-21-16(2)5-4-6-19(21)27-22/h4-8,13H,9-12,14H2,1-3H3. The molecule has 1 saturated heterocycles. The molecule has 1 aliphatic rings. The molecule has 0 saturated carbocycles. The molecule has 0 spiro atoms. The number of aryl methyl sites for hydroxylation is 3. The fourth-order valence-electron chi connectivity index (χ4n) is 3.68. The second-order valence-electron chi connectivity index (χ2n) is 7.39. The van der Waals surface area contributed by atoms with Crippen molar-refractivity contribution in [3.63, 3.8) is 0 Å². The van der Waals surface area contributed by atoms with Crippen molar-refractivity contribution < 1.29 is 4.79 Å². The topological polar surface area (TPSA) is 36.4 Å². The fourth-order valence-corrected chi connectivity index (χ4v) is 4.77. The van der Waals surface area contributed by atoms with Crippen LogP contribution in [0.25, 0.3) is 10.2 Å². The molecule has 0 radical (unpaired) electrons. The molecule has 1 aliphatic heterocycles. The first-order valence-corrected chi connectivity index (χ1v) is 10.3. The van der Waals surface area contributed by atoms with Crippen LogP contribution in [0.15, 0.2) is 36.4 Å². The number of aromatic nitrogens is 1. The zero-order valence-corrected chi connectivity index (χ0v) is 17.0. The van der Waals surface area contributed by atoms with Crippen molar-refractivity contribution in [1.82, 2.24) is 9.88 Å². The maximum absolute atomic E-state index is 12.7. The van der Waals surface area contributed by atoms with Crippen molar-refractivity contribution in [3.8, 4) is 0 Å². The van der Waals surface area contributed by atoms with Crippen LogP contribution >= 0.6 is 11.3 Å². The Hall–Kier alpha value is -2.40. The molecule has 1 fully saturated rings. The molecule has 0 atom stereocenters. The summed E-state index contributed by atoms with van der Waals surface area (Å²) < 4.78 is 1.23. The van der Waals surface area contributed by atoms with Crippen LogP contribution in [0.5, 0.6) is 0 Å². The van der Waals surface area contributed by atoms with Crippen LogP contribution in [0.1, 0.15) is 22.3 Å². The maximum Gasteiger partial charge on any atom is 0.227 e. The highest BCUT2D eigenvalue weighted by atomic mass is 32.1. The molecule has 0 N–H and O–H groups in total. The summed E-state index contributed by atoms with van der Waals surface area (Å²) in [5.41, 5.74) is 5.90. The van der Waals surface area contributed by atoms with Crippen molar-refractivity contribution in [2.24, 2.45) is 0 Å². The molecular formula is C22H25N3OS. The van der Waals surface area contributed by atoms with E-state index < -0.39 is 0 Å². The van der Waals surface area contributed by atoms with Gasteiger partial charge in [0.05, 0.1) is 16.6 Å². The van der Waals surface area contributed by atoms with Crippen molar-refractivity contribution >= 4 is 32.6 Å². The van der Waals surface area contributed by atoms with E-state index in [0.29, 0.717) is 6.42 Å². The van der Waals surface area contributed by atoms with Gasteiger partial charge in [0.2, 0.25) is 5.91 Å². The van der Waals surface area contributed by atoms with E-state index in [-0.39, 0.29) is 5.91 Å². The van der Waals surface area contributed by atoms with E-state index in [1.165, 1.54) is 21.4 Å². The van der Waals surface area contributed by atoms with Gasteiger partial charge >= 0.3 is 0 Å². The molecular weight excluding hydrogens is 354 g/mol. The molecule has 1 amide bonds. The SMILES string of the molecule is Cc1ccc(CC(=O)N2CCN(c3nc4c(C)cccc4s3)CC2)c(C)c1. The Morgan fingerprint density at radius 1 is 1.04 bits per heavy atom. The van der Waals surface area contributed by atoms with Crippen molar-refractivity contribution in [1.29, 1.82) is 0 Å². The molecule has 2 aromatic carbocycles. The van der Waals surface area contributed by atoms with Crippen molar-refractivity contribution in [2.75, 3.05) is 31.1 Å². The molecule has 0 unspecified atom stereocenters. The summed E-state index contributed by atoms with van der Waals surface area (Å²) in [6.07, 6.45) is 0.493. The molecule has 4 nitrogen and oxygen atoms in total. The zero-order chi connectivity index (χ0) is 19.0. The Bertz CT molecular complexity index is 986. The smallest absolute Gasteiger partial charge is 0.227 e. The number of hydrogen-bond acceptors (Lipinski definition) is 4. The van der Waals surface area contributed by atoms with Crippen LogP contribution in [0, 0.1) is 20.8 Å². The fraction of sp³-hybridized carbons (Fsp3) is 0.364. The largest absolute Gasteiger partial charge is 0.345 e. The van der Waals surface area contributed by atoms with Crippen LogP contribution < -0.4 is 4.90 Å². The number of amides is 1. The first-order valence-electron chi connectivity index (χ1n) is 9.46. The van der Waals surface area contributed by atoms with Gasteiger partial charge in [0.25, 0.3) is 0 Å². The second-order valence-corrected chi connectivity index (χ2v) is 8.40. The molecule has 5 heteroatoms. The number of carbonyl (C=O) groups excluding carboxylic acids is 1. The minimum absolute atomic E-state index is 0.224. The van der Waals surface area contributed by atoms with Crippen LogP contribution in [-0.2, 0) is 11.2 Å². The summed E-state index contributed by atoms with van der Waals surface area (Å²) in [4.78, 5) is 21.9. The number of benzene rings is 2. The second kappa shape index (κ2) is 7.31. The third kappa shape index (κ3) is 3.69. The summed E-state index contributed by atoms with van der Waals surface area (Å²) >= 11 is 1.74. The van der Waals surface area contributed by atoms with Gasteiger partial charge in [-0.1, -0.05) is 47.2 Å². The number of para-hydroxylation sites is 1. The quantitative estimate of drug-likeness (QED) is 0.687. The number of hydrogen-bond donors (Lipinski definition) is 0. The summed E-state index contributed by atoms with van der Waals surface area (Å²) in [6, 6.07) is 12.6. The Kier molecular flexibility index (Phi) is 4.87. The highest BCUT2D eigenvalue weighted by Gasteiger charge is 2.23. The zero-order valence-electron chi connectivity index (χ0n) is 16.2. The molecule has 0 aliphatic carbocycles. The van der Waals surface area contributed by atoms with Crippen molar-refractivity contribution in [3.05, 3.63) is 58.7 Å². The lowest BCUT2D eigenvalue weighted by Crippen LogP contribution is -2.49. The number of thiazole rings is 1. The van der Waals surface area contributed by atoms with Crippen LogP contribution in [0.4, 0.5) is 5.13 Å². The molecule has 27 heavy (non-hydrogen) atoms. The Morgan fingerprint density at radius 2 is 1.81 bits per heavy atom. The first kappa shape index (κ1) is 18.0. The lowest BCUT2D eigenvalue weighted by atomic mass is 10.0. The van der Waals surface area contributed by atoms with Gasteiger partial charge in [-0.05, 0) is 43.5 Å². The van der Waals surface area contributed by atoms with Gasteiger partial charge in [-0.15, -0.1) is 0 Å². The van der Waals surface area contributed by atoms with Gasteiger partial charge in [-0.25, -0.2) is 4.98 Å². The summed E-state index contributed by atoms with van der Waals surface area (Å²) in [5.74, 6) is 0.224. The highest BCUT2D eigenvalue weighted by Crippen LogP contribution is 2.31. The van der Waals surface area contributed by atoms with Gasteiger partial charge in [0, 0.05) is 26.2 Å².